The zero-order valence-electron chi connectivity index (χ0n) is 12.5. The van der Waals surface area contributed by atoms with Crippen LogP contribution in [0.2, 0.25) is 0 Å². The summed E-state index contributed by atoms with van der Waals surface area (Å²) in [5, 5.41) is 0.865. The summed E-state index contributed by atoms with van der Waals surface area (Å²) in [6.45, 7) is 0. The minimum Gasteiger partial charge on any atom is -0.344 e. The number of nitrogens with zero attached hydrogens (tertiary/aromatic N) is 2. The van der Waals surface area contributed by atoms with Crippen LogP contribution in [0.3, 0.4) is 0 Å². The highest BCUT2D eigenvalue weighted by molar-refractivity contribution is 7.17. The average Bonchev–Trinajstić information content (AvgIpc) is 3.01. The SMILES string of the molecule is CN(C)C(=O)c1sc(-c2ccccc2)nc1-c1ccccc1. The molecule has 110 valence electrons. The van der Waals surface area contributed by atoms with Crippen LogP contribution in [-0.4, -0.2) is 29.9 Å². The Hall–Kier alpha value is -2.46. The first-order valence-electron chi connectivity index (χ1n) is 7.00. The second-order valence-corrected chi connectivity index (χ2v) is 6.13. The molecule has 2 aromatic carbocycles. The van der Waals surface area contributed by atoms with E-state index in [4.69, 9.17) is 4.98 Å². The van der Waals surface area contributed by atoms with E-state index in [1.54, 1.807) is 19.0 Å². The van der Waals surface area contributed by atoms with Crippen LogP contribution in [0.1, 0.15) is 9.67 Å². The number of amides is 1. The minimum atomic E-state index is -0.0152. The molecule has 0 aliphatic rings. The molecule has 0 saturated heterocycles. The van der Waals surface area contributed by atoms with Crippen LogP contribution < -0.4 is 0 Å². The summed E-state index contributed by atoms with van der Waals surface area (Å²) in [5.41, 5.74) is 2.75. The van der Waals surface area contributed by atoms with Gasteiger partial charge in [-0.2, -0.15) is 0 Å². The predicted molar refractivity (Wildman–Crippen MR) is 91.0 cm³/mol. The van der Waals surface area contributed by atoms with Gasteiger partial charge in [-0.15, -0.1) is 11.3 Å². The van der Waals surface area contributed by atoms with Crippen molar-refractivity contribution in [1.29, 1.82) is 0 Å². The van der Waals surface area contributed by atoms with Crippen LogP contribution in [0.15, 0.2) is 60.7 Å². The Morgan fingerprint density at radius 2 is 1.45 bits per heavy atom. The first-order valence-corrected chi connectivity index (χ1v) is 7.82. The second kappa shape index (κ2) is 6.12. The van der Waals surface area contributed by atoms with E-state index in [9.17, 15) is 4.79 Å². The highest BCUT2D eigenvalue weighted by atomic mass is 32.1. The van der Waals surface area contributed by atoms with Crippen molar-refractivity contribution in [3.05, 3.63) is 65.5 Å². The summed E-state index contributed by atoms with van der Waals surface area (Å²) in [7, 11) is 3.53. The number of hydrogen-bond acceptors (Lipinski definition) is 3. The van der Waals surface area contributed by atoms with Crippen molar-refractivity contribution in [2.75, 3.05) is 14.1 Å². The molecular weight excluding hydrogens is 292 g/mol. The first-order chi connectivity index (χ1) is 10.7. The third kappa shape index (κ3) is 2.78. The molecule has 0 saturated carbocycles. The van der Waals surface area contributed by atoms with Gasteiger partial charge in [0.2, 0.25) is 0 Å². The summed E-state index contributed by atoms with van der Waals surface area (Å²) in [6, 6.07) is 19.8. The fraction of sp³-hybridized carbons (Fsp3) is 0.111. The van der Waals surface area contributed by atoms with E-state index in [1.165, 1.54) is 11.3 Å². The first kappa shape index (κ1) is 14.5. The molecule has 3 nitrogen and oxygen atoms in total. The molecule has 4 heteroatoms. The van der Waals surface area contributed by atoms with Gasteiger partial charge in [0.15, 0.2) is 0 Å². The van der Waals surface area contributed by atoms with Gasteiger partial charge in [-0.25, -0.2) is 4.98 Å². The molecule has 1 amide bonds. The van der Waals surface area contributed by atoms with Crippen molar-refractivity contribution in [2.45, 2.75) is 0 Å². The molecule has 0 aliphatic carbocycles. The lowest BCUT2D eigenvalue weighted by Crippen LogP contribution is -2.21. The lowest BCUT2D eigenvalue weighted by atomic mass is 10.1. The molecule has 0 aliphatic heterocycles. The Morgan fingerprint density at radius 1 is 0.909 bits per heavy atom. The Bertz CT molecular complexity index is 779. The number of thiazole rings is 1. The zero-order chi connectivity index (χ0) is 15.5. The van der Waals surface area contributed by atoms with Gasteiger partial charge in [-0.1, -0.05) is 60.7 Å². The number of benzene rings is 2. The van der Waals surface area contributed by atoms with Crippen LogP contribution in [0.4, 0.5) is 0 Å². The molecule has 0 bridgehead atoms. The van der Waals surface area contributed by atoms with E-state index < -0.39 is 0 Å². The summed E-state index contributed by atoms with van der Waals surface area (Å²) in [5.74, 6) is -0.0152. The molecule has 22 heavy (non-hydrogen) atoms. The summed E-state index contributed by atoms with van der Waals surface area (Å²) in [6.07, 6.45) is 0. The highest BCUT2D eigenvalue weighted by Crippen LogP contribution is 2.34. The largest absolute Gasteiger partial charge is 0.344 e. The van der Waals surface area contributed by atoms with Crippen molar-refractivity contribution in [1.82, 2.24) is 9.88 Å². The zero-order valence-corrected chi connectivity index (χ0v) is 13.3. The molecular formula is C18H16N2OS. The Balaban J connectivity index is 2.15. The monoisotopic (exact) mass is 308 g/mol. The lowest BCUT2D eigenvalue weighted by Gasteiger charge is -2.09. The molecule has 0 unspecified atom stereocenters. The van der Waals surface area contributed by atoms with E-state index in [0.717, 1.165) is 21.8 Å². The molecule has 0 radical (unpaired) electrons. The average molecular weight is 308 g/mol. The molecule has 3 aromatic rings. The van der Waals surface area contributed by atoms with E-state index in [1.807, 2.05) is 60.7 Å². The second-order valence-electron chi connectivity index (χ2n) is 5.13. The number of rotatable bonds is 3. The number of aromatic nitrogens is 1. The van der Waals surface area contributed by atoms with Gasteiger partial charge in [0.1, 0.15) is 9.88 Å². The maximum Gasteiger partial charge on any atom is 0.265 e. The molecule has 0 spiro atoms. The molecule has 0 N–H and O–H groups in total. The summed E-state index contributed by atoms with van der Waals surface area (Å²) < 4.78 is 0. The Labute approximate surface area is 133 Å². The van der Waals surface area contributed by atoms with Crippen molar-refractivity contribution in [2.24, 2.45) is 0 Å². The van der Waals surface area contributed by atoms with Gasteiger partial charge in [0, 0.05) is 25.2 Å². The molecule has 0 fully saturated rings. The molecule has 1 heterocycles. The molecule has 1 aromatic heterocycles. The van der Waals surface area contributed by atoms with Crippen LogP contribution in [-0.2, 0) is 0 Å². The van der Waals surface area contributed by atoms with Crippen LogP contribution >= 0.6 is 11.3 Å². The normalized spacial score (nSPS) is 10.5. The number of carbonyl (C=O) groups is 1. The van der Waals surface area contributed by atoms with E-state index in [0.29, 0.717) is 4.88 Å². The van der Waals surface area contributed by atoms with Crippen LogP contribution in [0, 0.1) is 0 Å². The fourth-order valence-electron chi connectivity index (χ4n) is 2.16. The maximum atomic E-state index is 12.5. The quantitative estimate of drug-likeness (QED) is 0.727. The predicted octanol–water partition coefficient (Wildman–Crippen LogP) is 4.18. The summed E-state index contributed by atoms with van der Waals surface area (Å²) >= 11 is 1.44. The molecule has 3 rings (SSSR count). The van der Waals surface area contributed by atoms with Crippen LogP contribution in [0.5, 0.6) is 0 Å². The fourth-order valence-corrected chi connectivity index (χ4v) is 3.28. The lowest BCUT2D eigenvalue weighted by molar-refractivity contribution is 0.0832. The summed E-state index contributed by atoms with van der Waals surface area (Å²) in [4.78, 5) is 19.5. The van der Waals surface area contributed by atoms with E-state index in [2.05, 4.69) is 0 Å². The van der Waals surface area contributed by atoms with Gasteiger partial charge in [0.25, 0.3) is 5.91 Å². The van der Waals surface area contributed by atoms with Crippen molar-refractivity contribution in [3.63, 3.8) is 0 Å². The van der Waals surface area contributed by atoms with Crippen molar-refractivity contribution in [3.8, 4) is 21.8 Å². The Kier molecular flexibility index (Phi) is 4.02. The minimum absolute atomic E-state index is 0.0152. The number of hydrogen-bond donors (Lipinski definition) is 0. The van der Waals surface area contributed by atoms with Gasteiger partial charge < -0.3 is 4.90 Å². The smallest absolute Gasteiger partial charge is 0.265 e. The van der Waals surface area contributed by atoms with E-state index >= 15 is 0 Å². The third-order valence-electron chi connectivity index (χ3n) is 3.30. The van der Waals surface area contributed by atoms with Crippen molar-refractivity contribution >= 4 is 17.2 Å². The standard InChI is InChI=1S/C18H16N2OS/c1-20(2)18(21)16-15(13-9-5-3-6-10-13)19-17(22-16)14-11-7-4-8-12-14/h3-12H,1-2H3. The van der Waals surface area contributed by atoms with Gasteiger partial charge in [0.05, 0.1) is 5.69 Å². The van der Waals surface area contributed by atoms with Gasteiger partial charge in [-0.05, 0) is 0 Å². The maximum absolute atomic E-state index is 12.5. The molecule has 0 atom stereocenters. The highest BCUT2D eigenvalue weighted by Gasteiger charge is 2.21. The Morgan fingerprint density at radius 3 is 2.00 bits per heavy atom. The van der Waals surface area contributed by atoms with Crippen molar-refractivity contribution < 1.29 is 4.79 Å². The van der Waals surface area contributed by atoms with Gasteiger partial charge >= 0.3 is 0 Å². The third-order valence-corrected chi connectivity index (χ3v) is 4.39. The topological polar surface area (TPSA) is 33.2 Å². The van der Waals surface area contributed by atoms with E-state index in [-0.39, 0.29) is 5.91 Å². The van der Waals surface area contributed by atoms with Gasteiger partial charge in [-0.3, -0.25) is 4.79 Å². The number of carbonyl (C=O) groups excluding carboxylic acids is 1. The van der Waals surface area contributed by atoms with Crippen LogP contribution in [0.25, 0.3) is 21.8 Å².